The lowest BCUT2D eigenvalue weighted by Crippen LogP contribution is -2.14. The molecule has 0 heterocycles. The molecule has 14 heavy (non-hydrogen) atoms. The Morgan fingerprint density at radius 1 is 0.929 bits per heavy atom. The third-order valence-corrected chi connectivity index (χ3v) is 1.56. The number of hydrogen-bond acceptors (Lipinski definition) is 3. The predicted octanol–water partition coefficient (Wildman–Crippen LogP) is 0.337. The fourth-order valence-electron chi connectivity index (χ4n) is 0.956. The molecule has 0 aromatic carbocycles. The van der Waals surface area contributed by atoms with E-state index in [0.717, 1.165) is 0 Å². The molecule has 0 aliphatic carbocycles. The smallest absolute Gasteiger partial charge is 0.332 e. The van der Waals surface area contributed by atoms with E-state index >= 15 is 0 Å². The summed E-state index contributed by atoms with van der Waals surface area (Å²) in [4.78, 5) is 31.4. The van der Waals surface area contributed by atoms with E-state index in [-0.39, 0.29) is 12.0 Å². The largest absolute Gasteiger partial charge is 0.481 e. The van der Waals surface area contributed by atoms with Gasteiger partial charge in [-0.05, 0) is 6.42 Å². The summed E-state index contributed by atoms with van der Waals surface area (Å²) in [6, 6.07) is 0. The quantitative estimate of drug-likeness (QED) is 0.554. The van der Waals surface area contributed by atoms with Crippen LogP contribution in [0.15, 0.2) is 11.1 Å². The molecule has 0 aromatic heterocycles. The molecule has 0 aliphatic heterocycles. The molecule has 78 valence electrons. The van der Waals surface area contributed by atoms with Gasteiger partial charge in [0.25, 0.3) is 0 Å². The highest BCUT2D eigenvalue weighted by molar-refractivity contribution is 6.01. The zero-order valence-corrected chi connectivity index (χ0v) is 7.48. The Morgan fingerprint density at radius 2 is 1.36 bits per heavy atom. The lowest BCUT2D eigenvalue weighted by molar-refractivity contribution is -0.140. The first kappa shape index (κ1) is 12.2. The first-order valence-corrected chi connectivity index (χ1v) is 3.80. The van der Waals surface area contributed by atoms with Gasteiger partial charge in [-0.15, -0.1) is 0 Å². The van der Waals surface area contributed by atoms with Crippen LogP contribution in [0.4, 0.5) is 0 Å². The Kier molecular flexibility index (Phi) is 4.34. The zero-order valence-electron chi connectivity index (χ0n) is 7.48. The molecule has 6 heteroatoms. The summed E-state index contributed by atoms with van der Waals surface area (Å²) >= 11 is 0. The molecule has 0 radical (unpaired) electrons. The molecule has 3 N–H and O–H groups in total. The van der Waals surface area contributed by atoms with Crippen molar-refractivity contribution in [3.8, 4) is 0 Å². The first-order valence-electron chi connectivity index (χ1n) is 3.80. The van der Waals surface area contributed by atoms with Crippen molar-refractivity contribution in [1.29, 1.82) is 0 Å². The minimum atomic E-state index is -1.51. The molecule has 0 bridgehead atoms. The molecule has 0 unspecified atom stereocenters. The van der Waals surface area contributed by atoms with Gasteiger partial charge in [0, 0.05) is 5.57 Å². The van der Waals surface area contributed by atoms with Crippen molar-refractivity contribution in [2.24, 2.45) is 0 Å². The second kappa shape index (κ2) is 5.00. The van der Waals surface area contributed by atoms with Gasteiger partial charge in [-0.25, -0.2) is 9.59 Å². The topological polar surface area (TPSA) is 112 Å². The molecular formula is C8H10O6. The lowest BCUT2D eigenvalue weighted by atomic mass is 10.0. The van der Waals surface area contributed by atoms with Crippen LogP contribution in [0.5, 0.6) is 0 Å². The molecule has 0 atom stereocenters. The maximum Gasteiger partial charge on any atom is 0.332 e. The summed E-state index contributed by atoms with van der Waals surface area (Å²) in [5, 5.41) is 25.5. The van der Waals surface area contributed by atoms with Crippen LogP contribution >= 0.6 is 0 Å². The minimum absolute atomic E-state index is 0.0236. The predicted molar refractivity (Wildman–Crippen MR) is 44.8 cm³/mol. The molecule has 0 aliphatic rings. The first-order chi connectivity index (χ1) is 6.40. The van der Waals surface area contributed by atoms with Crippen molar-refractivity contribution in [1.82, 2.24) is 0 Å². The van der Waals surface area contributed by atoms with Crippen molar-refractivity contribution in [3.63, 3.8) is 0 Å². The van der Waals surface area contributed by atoms with Gasteiger partial charge in [-0.2, -0.15) is 0 Å². The van der Waals surface area contributed by atoms with Crippen molar-refractivity contribution in [2.45, 2.75) is 19.8 Å². The third kappa shape index (κ3) is 3.26. The fraction of sp³-hybridized carbons (Fsp3) is 0.375. The Balaban J connectivity index is 5.20. The third-order valence-electron chi connectivity index (χ3n) is 1.56. The van der Waals surface area contributed by atoms with E-state index in [1.807, 2.05) is 0 Å². The SMILES string of the molecule is CC/C(C(=O)O)=C(\CC(=O)O)C(=O)O. The number of rotatable bonds is 5. The molecule has 0 rings (SSSR count). The number of carboxylic acid groups (broad SMARTS) is 3. The van der Waals surface area contributed by atoms with Crippen LogP contribution in [0.25, 0.3) is 0 Å². The van der Waals surface area contributed by atoms with Gasteiger partial charge in [-0.1, -0.05) is 6.92 Å². The number of carboxylic acids is 3. The Labute approximate surface area is 79.5 Å². The maximum atomic E-state index is 10.6. The lowest BCUT2D eigenvalue weighted by Gasteiger charge is -2.03. The van der Waals surface area contributed by atoms with E-state index in [4.69, 9.17) is 15.3 Å². The van der Waals surface area contributed by atoms with Crippen LogP contribution in [-0.4, -0.2) is 33.2 Å². The van der Waals surface area contributed by atoms with Gasteiger partial charge in [0.05, 0.1) is 12.0 Å². The maximum absolute atomic E-state index is 10.6. The molecule has 0 saturated heterocycles. The van der Waals surface area contributed by atoms with Crippen LogP contribution in [0.1, 0.15) is 19.8 Å². The summed E-state index contributed by atoms with van der Waals surface area (Å²) in [6.07, 6.45) is -0.810. The van der Waals surface area contributed by atoms with E-state index in [1.165, 1.54) is 6.92 Å². The molecule has 0 spiro atoms. The van der Waals surface area contributed by atoms with Crippen molar-refractivity contribution < 1.29 is 29.7 Å². The minimum Gasteiger partial charge on any atom is -0.481 e. The number of carbonyl (C=O) groups is 3. The molecule has 0 fully saturated rings. The highest BCUT2D eigenvalue weighted by Gasteiger charge is 2.20. The summed E-state index contributed by atoms with van der Waals surface area (Å²) in [6.45, 7) is 1.45. The van der Waals surface area contributed by atoms with E-state index in [0.29, 0.717) is 0 Å². The van der Waals surface area contributed by atoms with Gasteiger partial charge >= 0.3 is 17.9 Å². The number of aliphatic carboxylic acids is 3. The van der Waals surface area contributed by atoms with Gasteiger partial charge in [-0.3, -0.25) is 4.79 Å². The molecule has 0 aromatic rings. The van der Waals surface area contributed by atoms with Crippen LogP contribution in [0.2, 0.25) is 0 Å². The standard InChI is InChI=1S/C8H10O6/c1-2-4(7(11)12)5(8(13)14)3-6(9)10/h2-3H2,1H3,(H,9,10)(H,11,12)(H,13,14)/b5-4-. The Morgan fingerprint density at radius 3 is 1.57 bits per heavy atom. The Hall–Kier alpha value is -1.85. The molecule has 6 nitrogen and oxygen atoms in total. The molecule has 0 saturated carbocycles. The Bertz CT molecular complexity index is 301. The number of hydrogen-bond donors (Lipinski definition) is 3. The summed E-state index contributed by atoms with van der Waals surface area (Å²) in [5.41, 5.74) is -0.951. The van der Waals surface area contributed by atoms with Crippen molar-refractivity contribution >= 4 is 17.9 Å². The average Bonchev–Trinajstić information content (AvgIpc) is 2.02. The summed E-state index contributed by atoms with van der Waals surface area (Å²) < 4.78 is 0. The van der Waals surface area contributed by atoms with Crippen molar-refractivity contribution in [3.05, 3.63) is 11.1 Å². The van der Waals surface area contributed by atoms with Crippen LogP contribution in [-0.2, 0) is 14.4 Å². The molecular weight excluding hydrogens is 192 g/mol. The van der Waals surface area contributed by atoms with E-state index in [2.05, 4.69) is 0 Å². The second-order valence-corrected chi connectivity index (χ2v) is 2.49. The second-order valence-electron chi connectivity index (χ2n) is 2.49. The highest BCUT2D eigenvalue weighted by Crippen LogP contribution is 2.13. The monoisotopic (exact) mass is 202 g/mol. The molecule has 0 amide bonds. The summed E-state index contributed by atoms with van der Waals surface area (Å²) in [7, 11) is 0. The summed E-state index contributed by atoms with van der Waals surface area (Å²) in [5.74, 6) is -4.27. The van der Waals surface area contributed by atoms with Crippen LogP contribution in [0, 0.1) is 0 Å². The van der Waals surface area contributed by atoms with Crippen molar-refractivity contribution in [2.75, 3.05) is 0 Å². The van der Waals surface area contributed by atoms with E-state index < -0.39 is 29.9 Å². The van der Waals surface area contributed by atoms with Gasteiger partial charge in [0.15, 0.2) is 0 Å². The van der Waals surface area contributed by atoms with Gasteiger partial charge < -0.3 is 15.3 Å². The van der Waals surface area contributed by atoms with Crippen LogP contribution in [0.3, 0.4) is 0 Å². The van der Waals surface area contributed by atoms with Gasteiger partial charge in [0.1, 0.15) is 0 Å². The fourth-order valence-corrected chi connectivity index (χ4v) is 0.956. The van der Waals surface area contributed by atoms with E-state index in [9.17, 15) is 14.4 Å². The zero-order chi connectivity index (χ0) is 11.3. The normalized spacial score (nSPS) is 11.8. The van der Waals surface area contributed by atoms with Gasteiger partial charge in [0.2, 0.25) is 0 Å². The highest BCUT2D eigenvalue weighted by atomic mass is 16.4. The average molecular weight is 202 g/mol. The van der Waals surface area contributed by atoms with E-state index in [1.54, 1.807) is 0 Å². The van der Waals surface area contributed by atoms with Crippen LogP contribution < -0.4 is 0 Å².